The quantitative estimate of drug-likeness (QED) is 0.210. The maximum Gasteiger partial charge on any atom is 0.194 e. The Hall–Kier alpha value is -1.99. The molecule has 0 aromatic heterocycles. The van der Waals surface area contributed by atoms with E-state index in [9.17, 15) is 22.0 Å². The van der Waals surface area contributed by atoms with E-state index in [1.807, 2.05) is 0 Å². The molecule has 4 rings (SSSR count). The van der Waals surface area contributed by atoms with Gasteiger partial charge >= 0.3 is 0 Å². The van der Waals surface area contributed by atoms with Crippen LogP contribution in [0.5, 0.6) is 0 Å². The standard InChI is InChI=1S/C28H33F5O2/c1-2-3-4-5-6-17-11-22(29)26(23(30)12-17)21-15-34-28(35-16-21)19-9-7-18(8-10-19)20-13-24(31)27(33)25(32)14-20/h11-14,18-19,21,28H,2-10,15-16H2,1H3. The summed E-state index contributed by atoms with van der Waals surface area (Å²) >= 11 is 0. The van der Waals surface area contributed by atoms with Crippen molar-refractivity contribution in [2.75, 3.05) is 13.2 Å². The fourth-order valence-electron chi connectivity index (χ4n) is 5.42. The van der Waals surface area contributed by atoms with Crippen molar-refractivity contribution < 1.29 is 31.4 Å². The lowest BCUT2D eigenvalue weighted by atomic mass is 9.78. The van der Waals surface area contributed by atoms with Gasteiger partial charge in [0, 0.05) is 17.4 Å². The van der Waals surface area contributed by atoms with Gasteiger partial charge in [0.05, 0.1) is 13.2 Å². The Kier molecular flexibility index (Phi) is 8.82. The molecule has 0 amide bonds. The average Bonchev–Trinajstić information content (AvgIpc) is 2.85. The van der Waals surface area contributed by atoms with E-state index in [1.165, 1.54) is 12.1 Å². The maximum absolute atomic E-state index is 14.8. The molecule has 7 heteroatoms. The van der Waals surface area contributed by atoms with Crippen LogP contribution in [0.2, 0.25) is 0 Å². The molecule has 1 aliphatic carbocycles. The first kappa shape index (κ1) is 26.1. The topological polar surface area (TPSA) is 18.5 Å². The lowest BCUT2D eigenvalue weighted by Gasteiger charge is -2.38. The summed E-state index contributed by atoms with van der Waals surface area (Å²) < 4.78 is 81.8. The number of aryl methyl sites for hydroxylation is 1. The SMILES string of the molecule is CCCCCCc1cc(F)c(C2COC(C3CCC(c4cc(F)c(F)c(F)c4)CC3)OC2)c(F)c1. The van der Waals surface area contributed by atoms with E-state index in [4.69, 9.17) is 9.47 Å². The number of hydrogen-bond donors (Lipinski definition) is 0. The molecule has 2 aromatic carbocycles. The van der Waals surface area contributed by atoms with Gasteiger partial charge in [0.2, 0.25) is 0 Å². The van der Waals surface area contributed by atoms with Gasteiger partial charge in [-0.25, -0.2) is 22.0 Å². The lowest BCUT2D eigenvalue weighted by Crippen LogP contribution is -2.38. The van der Waals surface area contributed by atoms with Crippen molar-refractivity contribution in [3.05, 3.63) is 70.0 Å². The van der Waals surface area contributed by atoms with E-state index in [1.54, 1.807) is 0 Å². The third-order valence-electron chi connectivity index (χ3n) is 7.42. The van der Waals surface area contributed by atoms with E-state index < -0.39 is 41.3 Å². The van der Waals surface area contributed by atoms with E-state index in [2.05, 4.69) is 6.92 Å². The van der Waals surface area contributed by atoms with Gasteiger partial charge < -0.3 is 9.47 Å². The molecule has 1 saturated carbocycles. The van der Waals surface area contributed by atoms with Gasteiger partial charge in [-0.1, -0.05) is 26.2 Å². The molecule has 2 aliphatic rings. The molecule has 2 nitrogen and oxygen atoms in total. The van der Waals surface area contributed by atoms with Crippen LogP contribution < -0.4 is 0 Å². The van der Waals surface area contributed by atoms with Crippen molar-refractivity contribution in [1.29, 1.82) is 0 Å². The molecule has 35 heavy (non-hydrogen) atoms. The van der Waals surface area contributed by atoms with E-state index in [0.29, 0.717) is 30.4 Å². The zero-order valence-corrected chi connectivity index (χ0v) is 20.1. The van der Waals surface area contributed by atoms with Gasteiger partial charge in [0.1, 0.15) is 11.6 Å². The highest BCUT2D eigenvalue weighted by Gasteiger charge is 2.35. The third-order valence-corrected chi connectivity index (χ3v) is 7.42. The molecule has 0 radical (unpaired) electrons. The normalized spacial score (nSPS) is 25.1. The highest BCUT2D eigenvalue weighted by Crippen LogP contribution is 2.40. The smallest absolute Gasteiger partial charge is 0.194 e. The van der Waals surface area contributed by atoms with Gasteiger partial charge in [-0.15, -0.1) is 0 Å². The molecule has 0 N–H and O–H groups in total. The van der Waals surface area contributed by atoms with E-state index >= 15 is 0 Å². The van der Waals surface area contributed by atoms with Gasteiger partial charge in [-0.05, 0) is 79.8 Å². The predicted molar refractivity (Wildman–Crippen MR) is 124 cm³/mol. The molecule has 0 unspecified atom stereocenters. The van der Waals surface area contributed by atoms with Crippen molar-refractivity contribution in [3.63, 3.8) is 0 Å². The largest absolute Gasteiger partial charge is 0.352 e. The molecular formula is C28H33F5O2. The summed E-state index contributed by atoms with van der Waals surface area (Å²) in [6.07, 6.45) is 7.16. The molecule has 2 aromatic rings. The van der Waals surface area contributed by atoms with E-state index in [0.717, 1.165) is 50.7 Å². The minimum atomic E-state index is -1.45. The Balaban J connectivity index is 1.29. The van der Waals surface area contributed by atoms with Gasteiger partial charge in [-0.3, -0.25) is 0 Å². The summed E-state index contributed by atoms with van der Waals surface area (Å²) in [5, 5.41) is 0. The zero-order valence-electron chi connectivity index (χ0n) is 20.1. The van der Waals surface area contributed by atoms with Crippen LogP contribution >= 0.6 is 0 Å². The summed E-state index contributed by atoms with van der Waals surface area (Å²) in [6, 6.07) is 5.00. The fraction of sp³-hybridized carbons (Fsp3) is 0.571. The second-order valence-corrected chi connectivity index (χ2v) is 9.93. The molecule has 1 saturated heterocycles. The van der Waals surface area contributed by atoms with Gasteiger partial charge in [0.25, 0.3) is 0 Å². The van der Waals surface area contributed by atoms with Crippen LogP contribution in [-0.4, -0.2) is 19.5 Å². The monoisotopic (exact) mass is 496 g/mol. The summed E-state index contributed by atoms with van der Waals surface area (Å²) in [6.45, 7) is 2.46. The lowest BCUT2D eigenvalue weighted by molar-refractivity contribution is -0.217. The van der Waals surface area contributed by atoms with Crippen molar-refractivity contribution in [2.45, 2.75) is 82.8 Å². The van der Waals surface area contributed by atoms with Crippen LogP contribution in [-0.2, 0) is 15.9 Å². The second-order valence-electron chi connectivity index (χ2n) is 9.93. The molecule has 0 spiro atoms. The minimum Gasteiger partial charge on any atom is -0.352 e. The van der Waals surface area contributed by atoms with E-state index in [-0.39, 0.29) is 30.6 Å². The van der Waals surface area contributed by atoms with Crippen molar-refractivity contribution >= 4 is 0 Å². The molecule has 1 aliphatic heterocycles. The van der Waals surface area contributed by atoms with Crippen molar-refractivity contribution in [3.8, 4) is 0 Å². The average molecular weight is 497 g/mol. The Morgan fingerprint density at radius 2 is 1.31 bits per heavy atom. The number of ether oxygens (including phenoxy) is 2. The van der Waals surface area contributed by atoms with Crippen molar-refractivity contribution in [2.24, 2.45) is 5.92 Å². The molecule has 0 bridgehead atoms. The Morgan fingerprint density at radius 3 is 1.89 bits per heavy atom. The first-order chi connectivity index (χ1) is 16.9. The molecule has 1 heterocycles. The summed E-state index contributed by atoms with van der Waals surface area (Å²) in [5.74, 6) is -5.38. The highest BCUT2D eigenvalue weighted by atomic mass is 19.2. The number of unbranched alkanes of at least 4 members (excludes halogenated alkanes) is 3. The van der Waals surface area contributed by atoms with Gasteiger partial charge in [-0.2, -0.15) is 0 Å². The van der Waals surface area contributed by atoms with Crippen LogP contribution in [0.1, 0.15) is 86.8 Å². The van der Waals surface area contributed by atoms with Crippen LogP contribution in [0.15, 0.2) is 24.3 Å². The van der Waals surface area contributed by atoms with Crippen LogP contribution in [0.4, 0.5) is 22.0 Å². The van der Waals surface area contributed by atoms with Crippen LogP contribution in [0.25, 0.3) is 0 Å². The summed E-state index contributed by atoms with van der Waals surface area (Å²) in [7, 11) is 0. The molecular weight excluding hydrogens is 463 g/mol. The summed E-state index contributed by atoms with van der Waals surface area (Å²) in [5.41, 5.74) is 1.16. The fourth-order valence-corrected chi connectivity index (χ4v) is 5.42. The summed E-state index contributed by atoms with van der Waals surface area (Å²) in [4.78, 5) is 0. The Morgan fingerprint density at radius 1 is 0.714 bits per heavy atom. The van der Waals surface area contributed by atoms with Crippen LogP contribution in [0, 0.1) is 35.0 Å². The highest BCUT2D eigenvalue weighted by molar-refractivity contribution is 5.30. The molecule has 2 fully saturated rings. The second kappa shape index (κ2) is 11.8. The zero-order chi connectivity index (χ0) is 24.9. The number of hydrogen-bond acceptors (Lipinski definition) is 2. The van der Waals surface area contributed by atoms with Crippen molar-refractivity contribution in [1.82, 2.24) is 0 Å². The van der Waals surface area contributed by atoms with Gasteiger partial charge in [0.15, 0.2) is 23.7 Å². The Labute approximate surface area is 203 Å². The number of halogens is 5. The number of benzene rings is 2. The first-order valence-corrected chi connectivity index (χ1v) is 12.7. The molecule has 0 atom stereocenters. The van der Waals surface area contributed by atoms with Crippen LogP contribution in [0.3, 0.4) is 0 Å². The third kappa shape index (κ3) is 6.23. The first-order valence-electron chi connectivity index (χ1n) is 12.7. The number of rotatable bonds is 8. The minimum absolute atomic E-state index is 0.0184. The maximum atomic E-state index is 14.8. The molecule has 192 valence electrons. The Bertz CT molecular complexity index is 949. The predicted octanol–water partition coefficient (Wildman–Crippen LogP) is 7.94.